The number of hydrogen-bond acceptors (Lipinski definition) is 1. The van der Waals surface area contributed by atoms with Gasteiger partial charge in [0.2, 0.25) is 0 Å². The van der Waals surface area contributed by atoms with E-state index < -0.39 is 29.4 Å². The first-order chi connectivity index (χ1) is 11.3. The van der Waals surface area contributed by atoms with Crippen LogP contribution in [0.25, 0.3) is 0 Å². The first-order valence-electron chi connectivity index (χ1n) is 7.62. The second-order valence-electron chi connectivity index (χ2n) is 5.88. The zero-order chi connectivity index (χ0) is 17.9. The number of carbonyl (C=O) groups excluding carboxylic acids is 1. The first-order valence-corrected chi connectivity index (χ1v) is 7.62. The molecule has 3 nitrogen and oxygen atoms in total. The highest BCUT2D eigenvalue weighted by atomic mass is 19.2. The highest BCUT2D eigenvalue weighted by molar-refractivity contribution is 5.93. The molecule has 0 saturated heterocycles. The summed E-state index contributed by atoms with van der Waals surface area (Å²) in [6.45, 7) is 4.30. The number of amides is 1. The van der Waals surface area contributed by atoms with Crippen molar-refractivity contribution in [2.75, 3.05) is 12.4 Å². The molecule has 0 aliphatic rings. The smallest absolute Gasteiger partial charge is 0.282 e. The van der Waals surface area contributed by atoms with Crippen molar-refractivity contribution < 1.29 is 22.9 Å². The molecule has 2 aromatic rings. The molecule has 1 amide bonds. The van der Waals surface area contributed by atoms with Crippen molar-refractivity contribution in [1.82, 2.24) is 0 Å². The maximum Gasteiger partial charge on any atom is 0.282 e. The van der Waals surface area contributed by atoms with Gasteiger partial charge in [-0.2, -0.15) is 0 Å². The molecule has 0 saturated carbocycles. The Morgan fingerprint density at radius 1 is 1.12 bits per heavy atom. The van der Waals surface area contributed by atoms with E-state index in [1.807, 2.05) is 38.2 Å². The topological polar surface area (TPSA) is 33.5 Å². The van der Waals surface area contributed by atoms with Gasteiger partial charge < -0.3 is 10.2 Å². The molecule has 0 aliphatic heterocycles. The molecule has 2 N–H and O–H groups in total. The molecule has 0 heterocycles. The van der Waals surface area contributed by atoms with E-state index in [1.165, 1.54) is 0 Å². The lowest BCUT2D eigenvalue weighted by Gasteiger charge is -2.22. The lowest BCUT2D eigenvalue weighted by Crippen LogP contribution is -3.12. The minimum absolute atomic E-state index is 0.366. The van der Waals surface area contributed by atoms with Gasteiger partial charge in [0.05, 0.1) is 12.7 Å². The molecular weight excluding hydrogens is 317 g/mol. The Balaban J connectivity index is 2.07. The van der Waals surface area contributed by atoms with Crippen LogP contribution in [0, 0.1) is 24.4 Å². The number of rotatable bonds is 5. The van der Waals surface area contributed by atoms with E-state index in [-0.39, 0.29) is 5.69 Å². The summed E-state index contributed by atoms with van der Waals surface area (Å²) in [4.78, 5) is 13.2. The van der Waals surface area contributed by atoms with Crippen LogP contribution >= 0.6 is 0 Å². The fraction of sp³-hybridized carbons (Fsp3) is 0.278. The minimum atomic E-state index is -1.60. The molecule has 0 aliphatic carbocycles. The van der Waals surface area contributed by atoms with E-state index in [0.29, 0.717) is 6.54 Å². The fourth-order valence-electron chi connectivity index (χ4n) is 2.35. The van der Waals surface area contributed by atoms with Crippen LogP contribution < -0.4 is 10.2 Å². The van der Waals surface area contributed by atoms with Gasteiger partial charge in [0.15, 0.2) is 23.5 Å². The summed E-state index contributed by atoms with van der Waals surface area (Å²) in [5, 5.41) is 2.32. The van der Waals surface area contributed by atoms with Crippen LogP contribution in [-0.2, 0) is 11.3 Å². The van der Waals surface area contributed by atoms with Crippen LogP contribution in [0.5, 0.6) is 0 Å². The molecule has 24 heavy (non-hydrogen) atoms. The molecule has 0 aromatic heterocycles. The summed E-state index contributed by atoms with van der Waals surface area (Å²) in [6, 6.07) is 9.13. The van der Waals surface area contributed by atoms with Gasteiger partial charge in [0.25, 0.3) is 5.91 Å². The SMILES string of the molecule is Cc1ccccc1C[NH+](C)[C@H](C)C(=O)Nc1ccc(F)c(F)c1F. The molecule has 1 unspecified atom stereocenters. The van der Waals surface area contributed by atoms with Crippen LogP contribution in [0.3, 0.4) is 0 Å². The number of carbonyl (C=O) groups is 1. The molecule has 0 fully saturated rings. The molecule has 128 valence electrons. The van der Waals surface area contributed by atoms with Gasteiger partial charge in [-0.3, -0.25) is 4.79 Å². The number of halogens is 3. The van der Waals surface area contributed by atoms with Crippen molar-refractivity contribution in [1.29, 1.82) is 0 Å². The Bertz CT molecular complexity index is 749. The number of hydrogen-bond donors (Lipinski definition) is 2. The predicted octanol–water partition coefficient (Wildman–Crippen LogP) is 2.45. The summed E-state index contributed by atoms with van der Waals surface area (Å²) in [6.07, 6.45) is 0. The van der Waals surface area contributed by atoms with Gasteiger partial charge in [-0.05, 0) is 31.5 Å². The monoisotopic (exact) mass is 337 g/mol. The van der Waals surface area contributed by atoms with Crippen molar-refractivity contribution in [3.05, 3.63) is 65.0 Å². The summed E-state index contributed by atoms with van der Waals surface area (Å²) in [5.41, 5.74) is 1.86. The minimum Gasteiger partial charge on any atom is -0.324 e. The van der Waals surface area contributed by atoms with E-state index in [2.05, 4.69) is 5.32 Å². The van der Waals surface area contributed by atoms with Crippen LogP contribution in [0.15, 0.2) is 36.4 Å². The maximum absolute atomic E-state index is 13.7. The third-order valence-electron chi connectivity index (χ3n) is 4.16. The van der Waals surface area contributed by atoms with Crippen molar-refractivity contribution in [3.63, 3.8) is 0 Å². The summed E-state index contributed by atoms with van der Waals surface area (Å²) < 4.78 is 39.8. The van der Waals surface area contributed by atoms with Gasteiger partial charge in [0.1, 0.15) is 6.54 Å². The molecule has 0 radical (unpaired) electrons. The number of likely N-dealkylation sites (N-methyl/N-ethyl adjacent to an activating group) is 1. The number of aryl methyl sites for hydroxylation is 1. The Morgan fingerprint density at radius 2 is 1.79 bits per heavy atom. The maximum atomic E-state index is 13.7. The Labute approximate surface area is 139 Å². The van der Waals surface area contributed by atoms with Crippen LogP contribution in [-0.4, -0.2) is 19.0 Å². The van der Waals surface area contributed by atoms with Crippen molar-refractivity contribution >= 4 is 11.6 Å². The number of nitrogens with one attached hydrogen (secondary N) is 2. The lowest BCUT2D eigenvalue weighted by molar-refractivity contribution is -0.907. The van der Waals surface area contributed by atoms with E-state index in [4.69, 9.17) is 0 Å². The normalized spacial score (nSPS) is 13.4. The molecule has 0 spiro atoms. The highest BCUT2D eigenvalue weighted by Gasteiger charge is 2.24. The van der Waals surface area contributed by atoms with Gasteiger partial charge in [-0.25, -0.2) is 13.2 Å². The van der Waals surface area contributed by atoms with Crippen LogP contribution in [0.1, 0.15) is 18.1 Å². The lowest BCUT2D eigenvalue weighted by atomic mass is 10.1. The number of anilines is 1. The number of quaternary nitrogens is 1. The zero-order valence-corrected chi connectivity index (χ0v) is 13.8. The molecule has 2 atom stereocenters. The standard InChI is InChI=1S/C18H19F3N2O/c1-11-6-4-5-7-13(11)10-23(3)12(2)18(24)22-15-9-8-14(19)16(20)17(15)21/h4-9,12H,10H2,1-3H3,(H,22,24)/p+1/t12-/m1/s1. The summed E-state index contributed by atoms with van der Waals surface area (Å²) in [7, 11) is 1.85. The second-order valence-corrected chi connectivity index (χ2v) is 5.88. The largest absolute Gasteiger partial charge is 0.324 e. The van der Waals surface area contributed by atoms with Crippen LogP contribution in [0.2, 0.25) is 0 Å². The van der Waals surface area contributed by atoms with Crippen molar-refractivity contribution in [2.45, 2.75) is 26.4 Å². The second kappa shape index (κ2) is 7.49. The summed E-state index contributed by atoms with van der Waals surface area (Å²) >= 11 is 0. The number of benzene rings is 2. The average Bonchev–Trinajstić information content (AvgIpc) is 2.56. The summed E-state index contributed by atoms with van der Waals surface area (Å²) in [5.74, 6) is -4.75. The molecule has 2 rings (SSSR count). The van der Waals surface area contributed by atoms with Gasteiger partial charge in [-0.15, -0.1) is 0 Å². The van der Waals surface area contributed by atoms with E-state index in [1.54, 1.807) is 6.92 Å². The van der Waals surface area contributed by atoms with Crippen molar-refractivity contribution in [3.8, 4) is 0 Å². The Morgan fingerprint density at radius 3 is 2.46 bits per heavy atom. The van der Waals surface area contributed by atoms with Crippen LogP contribution in [0.4, 0.5) is 18.9 Å². The molecule has 6 heteroatoms. The van der Waals surface area contributed by atoms with Gasteiger partial charge >= 0.3 is 0 Å². The predicted molar refractivity (Wildman–Crippen MR) is 86.2 cm³/mol. The first kappa shape index (κ1) is 18.0. The quantitative estimate of drug-likeness (QED) is 0.808. The van der Waals surface area contributed by atoms with Gasteiger partial charge in [-0.1, -0.05) is 24.3 Å². The third-order valence-corrected chi connectivity index (χ3v) is 4.16. The fourth-order valence-corrected chi connectivity index (χ4v) is 2.35. The molecule has 0 bridgehead atoms. The van der Waals surface area contributed by atoms with E-state index in [9.17, 15) is 18.0 Å². The zero-order valence-electron chi connectivity index (χ0n) is 13.8. The molecule has 2 aromatic carbocycles. The van der Waals surface area contributed by atoms with E-state index >= 15 is 0 Å². The highest BCUT2D eigenvalue weighted by Crippen LogP contribution is 2.19. The Kier molecular flexibility index (Phi) is 5.62. The average molecular weight is 337 g/mol. The van der Waals surface area contributed by atoms with E-state index in [0.717, 1.165) is 28.2 Å². The van der Waals surface area contributed by atoms with Gasteiger partial charge in [0, 0.05) is 5.56 Å². The molecular formula is C18H20F3N2O+. The Hall–Kier alpha value is -2.34. The van der Waals surface area contributed by atoms with Crippen molar-refractivity contribution in [2.24, 2.45) is 0 Å². The third kappa shape index (κ3) is 3.94.